The topological polar surface area (TPSA) is 49.0 Å². The SMILES string of the molecule is O=C(c1cc(-c2ccccc2Cl)n[nH]1)N1CCCC1Cc1cccc(F)c1. The molecule has 0 spiro atoms. The third-order valence-electron chi connectivity index (χ3n) is 4.96. The van der Waals surface area contributed by atoms with Gasteiger partial charge in [0, 0.05) is 18.2 Å². The van der Waals surface area contributed by atoms with Crippen molar-refractivity contribution in [3.63, 3.8) is 0 Å². The van der Waals surface area contributed by atoms with Gasteiger partial charge in [-0.3, -0.25) is 9.89 Å². The highest BCUT2D eigenvalue weighted by Gasteiger charge is 2.30. The predicted octanol–water partition coefficient (Wildman–Crippen LogP) is 4.72. The molecule has 1 fully saturated rings. The van der Waals surface area contributed by atoms with Gasteiger partial charge < -0.3 is 4.90 Å². The van der Waals surface area contributed by atoms with Crippen LogP contribution in [-0.4, -0.2) is 33.6 Å². The van der Waals surface area contributed by atoms with Crippen LogP contribution in [0, 0.1) is 5.82 Å². The highest BCUT2D eigenvalue weighted by molar-refractivity contribution is 6.33. The molecule has 1 unspecified atom stereocenters. The van der Waals surface area contributed by atoms with E-state index in [1.165, 1.54) is 12.1 Å². The number of carbonyl (C=O) groups excluding carboxylic acids is 1. The van der Waals surface area contributed by atoms with E-state index in [-0.39, 0.29) is 17.8 Å². The van der Waals surface area contributed by atoms with Crippen LogP contribution in [0.5, 0.6) is 0 Å². The summed E-state index contributed by atoms with van der Waals surface area (Å²) in [5.74, 6) is -0.332. The lowest BCUT2D eigenvalue weighted by Gasteiger charge is -2.24. The Bertz CT molecular complexity index is 971. The summed E-state index contributed by atoms with van der Waals surface area (Å²) in [6.07, 6.45) is 2.50. The molecule has 27 heavy (non-hydrogen) atoms. The molecule has 1 saturated heterocycles. The van der Waals surface area contributed by atoms with Crippen molar-refractivity contribution in [3.8, 4) is 11.3 Å². The summed E-state index contributed by atoms with van der Waals surface area (Å²) in [6.45, 7) is 0.694. The summed E-state index contributed by atoms with van der Waals surface area (Å²) in [7, 11) is 0. The lowest BCUT2D eigenvalue weighted by Crippen LogP contribution is -2.37. The molecule has 138 valence electrons. The third kappa shape index (κ3) is 3.74. The molecule has 1 aromatic heterocycles. The van der Waals surface area contributed by atoms with E-state index in [4.69, 9.17) is 11.6 Å². The zero-order valence-electron chi connectivity index (χ0n) is 14.7. The van der Waals surface area contributed by atoms with Crippen LogP contribution in [0.1, 0.15) is 28.9 Å². The summed E-state index contributed by atoms with van der Waals surface area (Å²) in [5.41, 5.74) is 2.77. The number of hydrogen-bond acceptors (Lipinski definition) is 2. The molecule has 6 heteroatoms. The molecule has 1 aliphatic heterocycles. The Morgan fingerprint density at radius 2 is 2.07 bits per heavy atom. The molecule has 4 nitrogen and oxygen atoms in total. The zero-order valence-corrected chi connectivity index (χ0v) is 15.4. The Labute approximate surface area is 162 Å². The van der Waals surface area contributed by atoms with Crippen molar-refractivity contribution in [2.24, 2.45) is 0 Å². The van der Waals surface area contributed by atoms with Crippen LogP contribution in [-0.2, 0) is 6.42 Å². The van der Waals surface area contributed by atoms with Crippen LogP contribution in [0.4, 0.5) is 4.39 Å². The number of amides is 1. The van der Waals surface area contributed by atoms with Crippen molar-refractivity contribution in [1.82, 2.24) is 15.1 Å². The van der Waals surface area contributed by atoms with Crippen molar-refractivity contribution in [2.45, 2.75) is 25.3 Å². The fourth-order valence-electron chi connectivity index (χ4n) is 3.64. The van der Waals surface area contributed by atoms with E-state index in [9.17, 15) is 9.18 Å². The largest absolute Gasteiger partial charge is 0.334 e. The van der Waals surface area contributed by atoms with E-state index in [0.717, 1.165) is 24.0 Å². The zero-order chi connectivity index (χ0) is 18.8. The summed E-state index contributed by atoms with van der Waals surface area (Å²) in [4.78, 5) is 14.8. The van der Waals surface area contributed by atoms with E-state index in [0.29, 0.717) is 29.4 Å². The van der Waals surface area contributed by atoms with Gasteiger partial charge in [0.05, 0.1) is 10.7 Å². The van der Waals surface area contributed by atoms with Crippen LogP contribution in [0.2, 0.25) is 5.02 Å². The highest BCUT2D eigenvalue weighted by atomic mass is 35.5. The number of carbonyl (C=O) groups is 1. The standard InChI is InChI=1S/C21H19ClFN3O/c22-18-9-2-1-8-17(18)19-13-20(25-24-19)21(27)26-10-4-7-16(26)12-14-5-3-6-15(23)11-14/h1-3,5-6,8-9,11,13,16H,4,7,10,12H2,(H,24,25). The minimum atomic E-state index is -0.249. The molecule has 1 amide bonds. The van der Waals surface area contributed by atoms with Crippen LogP contribution in [0.25, 0.3) is 11.3 Å². The lowest BCUT2D eigenvalue weighted by molar-refractivity contribution is 0.0730. The van der Waals surface area contributed by atoms with Crippen LogP contribution in [0.3, 0.4) is 0 Å². The normalized spacial score (nSPS) is 16.7. The lowest BCUT2D eigenvalue weighted by atomic mass is 10.0. The fourth-order valence-corrected chi connectivity index (χ4v) is 3.88. The maximum atomic E-state index is 13.5. The number of hydrogen-bond donors (Lipinski definition) is 1. The number of nitrogens with zero attached hydrogens (tertiary/aromatic N) is 2. The van der Waals surface area contributed by atoms with Gasteiger partial charge in [-0.1, -0.05) is 41.9 Å². The van der Waals surface area contributed by atoms with E-state index in [1.54, 1.807) is 18.2 Å². The fraction of sp³-hybridized carbons (Fsp3) is 0.238. The number of H-pyrrole nitrogens is 1. The van der Waals surface area contributed by atoms with Gasteiger partial charge in [0.1, 0.15) is 11.5 Å². The van der Waals surface area contributed by atoms with Gasteiger partial charge >= 0.3 is 0 Å². The van der Waals surface area contributed by atoms with Gasteiger partial charge in [-0.25, -0.2) is 4.39 Å². The Kier molecular flexibility index (Phi) is 4.94. The minimum Gasteiger partial charge on any atom is -0.334 e. The minimum absolute atomic E-state index is 0.0614. The number of aromatic nitrogens is 2. The molecule has 4 rings (SSSR count). The molecule has 1 atom stereocenters. The summed E-state index contributed by atoms with van der Waals surface area (Å²) >= 11 is 6.22. The van der Waals surface area contributed by atoms with Crippen molar-refractivity contribution in [3.05, 3.63) is 76.7 Å². The molecule has 1 aliphatic rings. The Hall–Kier alpha value is -2.66. The molecule has 0 saturated carbocycles. The van der Waals surface area contributed by atoms with Crippen molar-refractivity contribution in [2.75, 3.05) is 6.54 Å². The molecule has 2 aromatic carbocycles. The number of benzene rings is 2. The molecular formula is C21H19ClFN3O. The Morgan fingerprint density at radius 3 is 2.89 bits per heavy atom. The second kappa shape index (κ2) is 7.53. The van der Waals surface area contributed by atoms with Gasteiger partial charge in [-0.05, 0) is 49.1 Å². The van der Waals surface area contributed by atoms with Gasteiger partial charge in [0.2, 0.25) is 0 Å². The second-order valence-corrected chi connectivity index (χ2v) is 7.18. The number of likely N-dealkylation sites (tertiary alicyclic amines) is 1. The average Bonchev–Trinajstić information content (AvgIpc) is 3.31. The van der Waals surface area contributed by atoms with Crippen LogP contribution >= 0.6 is 11.6 Å². The van der Waals surface area contributed by atoms with Crippen molar-refractivity contribution < 1.29 is 9.18 Å². The van der Waals surface area contributed by atoms with Gasteiger partial charge in [0.25, 0.3) is 5.91 Å². The Morgan fingerprint density at radius 1 is 1.22 bits per heavy atom. The van der Waals surface area contributed by atoms with Crippen molar-refractivity contribution >= 4 is 17.5 Å². The first-order valence-electron chi connectivity index (χ1n) is 8.97. The predicted molar refractivity (Wildman–Crippen MR) is 103 cm³/mol. The van der Waals surface area contributed by atoms with Crippen LogP contribution < -0.4 is 0 Å². The molecule has 0 aliphatic carbocycles. The molecule has 1 N–H and O–H groups in total. The first-order chi connectivity index (χ1) is 13.1. The van der Waals surface area contributed by atoms with E-state index in [1.807, 2.05) is 29.2 Å². The summed E-state index contributed by atoms with van der Waals surface area (Å²) < 4.78 is 13.5. The van der Waals surface area contributed by atoms with E-state index in [2.05, 4.69) is 10.2 Å². The second-order valence-electron chi connectivity index (χ2n) is 6.78. The maximum Gasteiger partial charge on any atom is 0.272 e. The van der Waals surface area contributed by atoms with Gasteiger partial charge in [-0.15, -0.1) is 0 Å². The molecule has 3 aromatic rings. The van der Waals surface area contributed by atoms with Crippen LogP contribution in [0.15, 0.2) is 54.6 Å². The van der Waals surface area contributed by atoms with Gasteiger partial charge in [-0.2, -0.15) is 5.10 Å². The maximum absolute atomic E-state index is 13.5. The number of nitrogens with one attached hydrogen (secondary N) is 1. The third-order valence-corrected chi connectivity index (χ3v) is 5.29. The van der Waals surface area contributed by atoms with Crippen molar-refractivity contribution in [1.29, 1.82) is 0 Å². The van der Waals surface area contributed by atoms with E-state index >= 15 is 0 Å². The molecule has 2 heterocycles. The first-order valence-corrected chi connectivity index (χ1v) is 9.35. The number of rotatable bonds is 4. The molecular weight excluding hydrogens is 365 g/mol. The Balaban J connectivity index is 1.53. The monoisotopic (exact) mass is 383 g/mol. The molecule has 0 bridgehead atoms. The van der Waals surface area contributed by atoms with Gasteiger partial charge in [0.15, 0.2) is 0 Å². The number of halogens is 2. The smallest absolute Gasteiger partial charge is 0.272 e. The quantitative estimate of drug-likeness (QED) is 0.708. The summed E-state index contributed by atoms with van der Waals surface area (Å²) in [5, 5.41) is 7.69. The summed E-state index contributed by atoms with van der Waals surface area (Å²) in [6, 6.07) is 15.8. The number of aromatic amines is 1. The average molecular weight is 384 g/mol. The highest BCUT2D eigenvalue weighted by Crippen LogP contribution is 2.28. The molecule has 0 radical (unpaired) electrons. The first kappa shape index (κ1) is 17.7. The van der Waals surface area contributed by atoms with E-state index < -0.39 is 0 Å².